The van der Waals surface area contributed by atoms with Gasteiger partial charge in [-0.1, -0.05) is 36.6 Å². The quantitative estimate of drug-likeness (QED) is 0.351. The third kappa shape index (κ3) is 3.37. The molecule has 0 radical (unpaired) electrons. The number of halogens is 2. The number of rotatable bonds is 3. The molecule has 1 fully saturated rings. The van der Waals surface area contributed by atoms with Crippen LogP contribution in [0.3, 0.4) is 0 Å². The largest absolute Gasteiger partial charge is 0.232 e. The topological polar surface area (TPSA) is 25.8 Å². The smallest absolute Gasteiger partial charge is 0.161 e. The van der Waals surface area contributed by atoms with E-state index in [0.717, 1.165) is 20.7 Å². The van der Waals surface area contributed by atoms with Crippen LogP contribution < -0.4 is 0 Å². The van der Waals surface area contributed by atoms with Crippen molar-refractivity contribution in [2.45, 2.75) is 36.5 Å². The van der Waals surface area contributed by atoms with E-state index in [4.69, 9.17) is 16.6 Å². The molecule has 21 heavy (non-hydrogen) atoms. The zero-order valence-electron chi connectivity index (χ0n) is 11.8. The second-order valence-corrected chi connectivity index (χ2v) is 7.56. The highest BCUT2D eigenvalue weighted by molar-refractivity contribution is 14.1. The summed E-state index contributed by atoms with van der Waals surface area (Å²) in [5, 5.41) is 0.580. The Kier molecular flexibility index (Phi) is 5.07. The predicted octanol–water partition coefficient (Wildman–Crippen LogP) is 5.78. The lowest BCUT2D eigenvalue weighted by molar-refractivity contribution is 0.690. The highest BCUT2D eigenvalue weighted by Crippen LogP contribution is 2.37. The van der Waals surface area contributed by atoms with Crippen LogP contribution in [-0.2, 0) is 0 Å². The molecule has 1 aliphatic rings. The maximum absolute atomic E-state index is 6.34. The molecule has 2 nitrogen and oxygen atoms in total. The SMILES string of the molecule is CSc1ccc(-c2nc(Cl)c(I)c(C3CCCC3)n2)cc1. The number of nitrogens with zero attached hydrogens (tertiary/aromatic N) is 2. The van der Waals surface area contributed by atoms with Crippen LogP contribution in [0.25, 0.3) is 11.4 Å². The van der Waals surface area contributed by atoms with Gasteiger partial charge >= 0.3 is 0 Å². The van der Waals surface area contributed by atoms with E-state index in [-0.39, 0.29) is 0 Å². The number of benzene rings is 1. The van der Waals surface area contributed by atoms with Gasteiger partial charge in [0, 0.05) is 16.4 Å². The molecular weight excluding hydrogens is 415 g/mol. The molecule has 0 saturated heterocycles. The van der Waals surface area contributed by atoms with E-state index in [0.29, 0.717) is 11.1 Å². The second-order valence-electron chi connectivity index (χ2n) is 5.25. The monoisotopic (exact) mass is 430 g/mol. The van der Waals surface area contributed by atoms with E-state index in [1.165, 1.54) is 30.6 Å². The number of aromatic nitrogens is 2. The van der Waals surface area contributed by atoms with Gasteiger partial charge in [-0.05, 0) is 53.8 Å². The Hall–Kier alpha value is -0.330. The fourth-order valence-electron chi connectivity index (χ4n) is 2.77. The molecule has 0 N–H and O–H groups in total. The summed E-state index contributed by atoms with van der Waals surface area (Å²) >= 11 is 10.4. The molecule has 1 saturated carbocycles. The molecule has 0 bridgehead atoms. The van der Waals surface area contributed by atoms with E-state index in [9.17, 15) is 0 Å². The molecule has 0 aliphatic heterocycles. The lowest BCUT2D eigenvalue weighted by Gasteiger charge is -2.13. The van der Waals surface area contributed by atoms with Gasteiger partial charge in [0.2, 0.25) is 0 Å². The summed E-state index contributed by atoms with van der Waals surface area (Å²) in [5.74, 6) is 1.29. The Morgan fingerprint density at radius 2 is 1.81 bits per heavy atom. The zero-order valence-corrected chi connectivity index (χ0v) is 15.5. The van der Waals surface area contributed by atoms with Crippen LogP contribution in [-0.4, -0.2) is 16.2 Å². The minimum Gasteiger partial charge on any atom is -0.232 e. The van der Waals surface area contributed by atoms with Gasteiger partial charge in [-0.2, -0.15) is 0 Å². The lowest BCUT2D eigenvalue weighted by Crippen LogP contribution is -2.04. The van der Waals surface area contributed by atoms with Gasteiger partial charge in [-0.3, -0.25) is 0 Å². The first kappa shape index (κ1) is 15.6. The van der Waals surface area contributed by atoms with Crippen molar-refractivity contribution in [1.82, 2.24) is 9.97 Å². The van der Waals surface area contributed by atoms with Crippen LogP contribution in [0.2, 0.25) is 5.15 Å². The summed E-state index contributed by atoms with van der Waals surface area (Å²) in [6, 6.07) is 8.35. The van der Waals surface area contributed by atoms with Crippen LogP contribution in [0.4, 0.5) is 0 Å². The summed E-state index contributed by atoms with van der Waals surface area (Å²) in [5.41, 5.74) is 2.17. The summed E-state index contributed by atoms with van der Waals surface area (Å²) in [6.45, 7) is 0. The van der Waals surface area contributed by atoms with Gasteiger partial charge in [-0.25, -0.2) is 9.97 Å². The Labute approximate surface area is 148 Å². The first-order chi connectivity index (χ1) is 10.2. The number of thioether (sulfide) groups is 1. The highest BCUT2D eigenvalue weighted by atomic mass is 127. The fourth-order valence-corrected chi connectivity index (χ4v) is 4.04. The second kappa shape index (κ2) is 6.84. The molecule has 2 aromatic rings. The maximum Gasteiger partial charge on any atom is 0.161 e. The highest BCUT2D eigenvalue weighted by Gasteiger charge is 2.23. The Morgan fingerprint density at radius 1 is 1.14 bits per heavy atom. The van der Waals surface area contributed by atoms with E-state index in [1.807, 2.05) is 0 Å². The zero-order chi connectivity index (χ0) is 14.8. The standard InChI is InChI=1S/C16H16ClIN2S/c1-21-12-8-6-11(7-9-12)16-19-14(10-4-2-3-5-10)13(18)15(17)20-16/h6-10H,2-5H2,1H3. The average molecular weight is 431 g/mol. The van der Waals surface area contributed by atoms with Gasteiger partial charge in [0.15, 0.2) is 5.82 Å². The van der Waals surface area contributed by atoms with E-state index in [1.54, 1.807) is 11.8 Å². The minimum absolute atomic E-state index is 0.543. The van der Waals surface area contributed by atoms with E-state index < -0.39 is 0 Å². The molecule has 1 aromatic heterocycles. The predicted molar refractivity (Wildman–Crippen MR) is 98.2 cm³/mol. The van der Waals surface area contributed by atoms with Crippen molar-refractivity contribution in [3.05, 3.63) is 38.7 Å². The van der Waals surface area contributed by atoms with Crippen LogP contribution in [0.1, 0.15) is 37.3 Å². The molecular formula is C16H16ClIN2S. The molecule has 5 heteroatoms. The molecule has 110 valence electrons. The van der Waals surface area contributed by atoms with E-state index >= 15 is 0 Å². The van der Waals surface area contributed by atoms with Crippen LogP contribution in [0, 0.1) is 3.57 Å². The van der Waals surface area contributed by atoms with Crippen molar-refractivity contribution in [3.8, 4) is 11.4 Å². The third-order valence-corrected chi connectivity index (χ3v) is 6.33. The van der Waals surface area contributed by atoms with E-state index in [2.05, 4.69) is 58.1 Å². The molecule has 1 aliphatic carbocycles. The molecule has 0 atom stereocenters. The third-order valence-electron chi connectivity index (χ3n) is 3.93. The fraction of sp³-hybridized carbons (Fsp3) is 0.375. The number of hydrogen-bond acceptors (Lipinski definition) is 3. The summed E-state index contributed by atoms with van der Waals surface area (Å²) < 4.78 is 1.02. The molecule has 0 spiro atoms. The Bertz CT molecular complexity index is 639. The first-order valence-electron chi connectivity index (χ1n) is 7.06. The van der Waals surface area contributed by atoms with Crippen molar-refractivity contribution in [3.63, 3.8) is 0 Å². The molecule has 3 rings (SSSR count). The van der Waals surface area contributed by atoms with Crippen molar-refractivity contribution < 1.29 is 0 Å². The molecule has 0 unspecified atom stereocenters. The molecule has 1 aromatic carbocycles. The molecule has 0 amide bonds. The van der Waals surface area contributed by atoms with Crippen molar-refractivity contribution in [1.29, 1.82) is 0 Å². The van der Waals surface area contributed by atoms with Gasteiger partial charge in [0.1, 0.15) is 5.15 Å². The normalized spacial score (nSPS) is 15.6. The van der Waals surface area contributed by atoms with Gasteiger partial charge < -0.3 is 0 Å². The maximum atomic E-state index is 6.34. The summed E-state index contributed by atoms with van der Waals surface area (Å²) in [4.78, 5) is 10.5. The summed E-state index contributed by atoms with van der Waals surface area (Å²) in [7, 11) is 0. The van der Waals surface area contributed by atoms with Crippen molar-refractivity contribution in [2.75, 3.05) is 6.26 Å². The lowest BCUT2D eigenvalue weighted by atomic mass is 10.0. The van der Waals surface area contributed by atoms with Gasteiger partial charge in [0.05, 0.1) is 9.26 Å². The van der Waals surface area contributed by atoms with Crippen molar-refractivity contribution in [2.24, 2.45) is 0 Å². The Balaban J connectivity index is 2.01. The van der Waals surface area contributed by atoms with Crippen LogP contribution >= 0.6 is 46.0 Å². The number of hydrogen-bond donors (Lipinski definition) is 0. The van der Waals surface area contributed by atoms with Gasteiger partial charge in [-0.15, -0.1) is 11.8 Å². The average Bonchev–Trinajstić information content (AvgIpc) is 3.04. The van der Waals surface area contributed by atoms with Crippen LogP contribution in [0.15, 0.2) is 29.2 Å². The van der Waals surface area contributed by atoms with Crippen LogP contribution in [0.5, 0.6) is 0 Å². The summed E-state index contributed by atoms with van der Waals surface area (Å²) in [6.07, 6.45) is 7.09. The molecule has 1 heterocycles. The van der Waals surface area contributed by atoms with Gasteiger partial charge in [0.25, 0.3) is 0 Å². The minimum atomic E-state index is 0.543. The van der Waals surface area contributed by atoms with Crippen molar-refractivity contribution >= 4 is 46.0 Å². The first-order valence-corrected chi connectivity index (χ1v) is 9.74. The Morgan fingerprint density at radius 3 is 2.43 bits per heavy atom.